The first-order valence-corrected chi connectivity index (χ1v) is 10.2. The first-order chi connectivity index (χ1) is 15.0. The van der Waals surface area contributed by atoms with Crippen molar-refractivity contribution in [2.75, 3.05) is 18.0 Å². The van der Waals surface area contributed by atoms with Crippen molar-refractivity contribution in [2.45, 2.75) is 25.8 Å². The molecule has 2 N–H and O–H groups in total. The number of hydrogen-bond donors (Lipinski definition) is 1. The van der Waals surface area contributed by atoms with E-state index in [1.54, 1.807) is 47.3 Å². The first-order valence-electron chi connectivity index (χ1n) is 10.2. The average Bonchev–Trinajstić information content (AvgIpc) is 3.19. The molecule has 10 nitrogen and oxygen atoms in total. The van der Waals surface area contributed by atoms with Crippen LogP contribution in [0, 0.1) is 6.92 Å². The van der Waals surface area contributed by atoms with E-state index in [4.69, 9.17) is 5.73 Å². The minimum absolute atomic E-state index is 0.0403. The summed E-state index contributed by atoms with van der Waals surface area (Å²) in [6.07, 6.45) is 10.5. The van der Waals surface area contributed by atoms with Crippen LogP contribution in [0.5, 0.6) is 0 Å². The second-order valence-corrected chi connectivity index (χ2v) is 7.92. The molecule has 4 aromatic rings. The van der Waals surface area contributed by atoms with Crippen LogP contribution in [0.15, 0.2) is 41.8 Å². The molecule has 1 aliphatic rings. The maximum Gasteiger partial charge on any atom is 0.293 e. The minimum atomic E-state index is -0.147. The summed E-state index contributed by atoms with van der Waals surface area (Å²) < 4.78 is 3.26. The Balaban J connectivity index is 1.62. The molecule has 5 heterocycles. The van der Waals surface area contributed by atoms with Gasteiger partial charge in [0, 0.05) is 44.0 Å². The standard InChI is InChI=1S/C21H23N9O/c1-13-7-23-10-17(26-13)16-6-18-14(8-24-16)9-25-30(18)19-12-28(2)21(31)20(27-19)29-5-3-4-15(22)11-29/h6-10,12,15H,3-5,11,22H2,1-2H3/t15-/m0/s1. The van der Waals surface area contributed by atoms with E-state index in [1.807, 2.05) is 17.9 Å². The topological polar surface area (TPSA) is 121 Å². The van der Waals surface area contributed by atoms with Crippen LogP contribution in [0.25, 0.3) is 28.1 Å². The van der Waals surface area contributed by atoms with Crippen LogP contribution in [-0.2, 0) is 7.05 Å². The maximum absolute atomic E-state index is 12.8. The molecule has 1 fully saturated rings. The van der Waals surface area contributed by atoms with Gasteiger partial charge in [0.15, 0.2) is 11.6 Å². The van der Waals surface area contributed by atoms with Crippen molar-refractivity contribution < 1.29 is 0 Å². The molecule has 31 heavy (non-hydrogen) atoms. The van der Waals surface area contributed by atoms with Gasteiger partial charge in [-0.05, 0) is 25.8 Å². The summed E-state index contributed by atoms with van der Waals surface area (Å²) in [6, 6.07) is 1.95. The van der Waals surface area contributed by atoms with Crippen LogP contribution < -0.4 is 16.2 Å². The predicted octanol–water partition coefficient (Wildman–Crippen LogP) is 1.21. The van der Waals surface area contributed by atoms with Crippen LogP contribution >= 0.6 is 0 Å². The third-order valence-electron chi connectivity index (χ3n) is 5.49. The molecule has 0 saturated carbocycles. The Kier molecular flexibility index (Phi) is 4.70. The number of nitrogens with zero attached hydrogens (tertiary/aromatic N) is 8. The molecule has 158 valence electrons. The smallest absolute Gasteiger partial charge is 0.293 e. The lowest BCUT2D eigenvalue weighted by Crippen LogP contribution is -2.45. The molecule has 0 unspecified atom stereocenters. The summed E-state index contributed by atoms with van der Waals surface area (Å²) in [6.45, 7) is 3.27. The quantitative estimate of drug-likeness (QED) is 0.528. The number of nitrogens with two attached hydrogens (primary N) is 1. The van der Waals surface area contributed by atoms with Crippen LogP contribution in [0.4, 0.5) is 5.82 Å². The van der Waals surface area contributed by atoms with E-state index >= 15 is 0 Å². The Morgan fingerprint density at radius 3 is 2.81 bits per heavy atom. The largest absolute Gasteiger partial charge is 0.350 e. The second kappa shape index (κ2) is 7.55. The molecule has 0 bridgehead atoms. The molecular weight excluding hydrogens is 394 g/mol. The van der Waals surface area contributed by atoms with Crippen LogP contribution in [0.3, 0.4) is 0 Å². The number of aryl methyl sites for hydroxylation is 2. The monoisotopic (exact) mass is 417 g/mol. The summed E-state index contributed by atoms with van der Waals surface area (Å²) in [5, 5.41) is 5.37. The Morgan fingerprint density at radius 1 is 1.13 bits per heavy atom. The highest BCUT2D eigenvalue weighted by molar-refractivity contribution is 5.82. The van der Waals surface area contributed by atoms with E-state index in [9.17, 15) is 4.79 Å². The molecule has 0 amide bonds. The van der Waals surface area contributed by atoms with Gasteiger partial charge in [-0.3, -0.25) is 14.8 Å². The van der Waals surface area contributed by atoms with E-state index in [-0.39, 0.29) is 11.6 Å². The molecule has 0 spiro atoms. The fraction of sp³-hybridized carbons (Fsp3) is 0.333. The summed E-state index contributed by atoms with van der Waals surface area (Å²) >= 11 is 0. The van der Waals surface area contributed by atoms with Gasteiger partial charge in [0.1, 0.15) is 5.69 Å². The molecule has 0 aliphatic carbocycles. The van der Waals surface area contributed by atoms with Crippen molar-refractivity contribution in [3.8, 4) is 17.2 Å². The number of piperidine rings is 1. The van der Waals surface area contributed by atoms with Crippen molar-refractivity contribution in [1.82, 2.24) is 34.3 Å². The number of anilines is 1. The van der Waals surface area contributed by atoms with Gasteiger partial charge in [0.25, 0.3) is 5.56 Å². The highest BCUT2D eigenvalue weighted by Gasteiger charge is 2.22. The molecule has 5 rings (SSSR count). The van der Waals surface area contributed by atoms with E-state index in [1.165, 1.54) is 0 Å². The Morgan fingerprint density at radius 2 is 2.00 bits per heavy atom. The highest BCUT2D eigenvalue weighted by atomic mass is 16.1. The van der Waals surface area contributed by atoms with Gasteiger partial charge >= 0.3 is 0 Å². The zero-order valence-corrected chi connectivity index (χ0v) is 17.4. The first kappa shape index (κ1) is 19.3. The van der Waals surface area contributed by atoms with Crippen molar-refractivity contribution in [3.05, 3.63) is 53.1 Å². The van der Waals surface area contributed by atoms with Gasteiger partial charge in [0.05, 0.1) is 35.5 Å². The van der Waals surface area contributed by atoms with Gasteiger partial charge in [0.2, 0.25) is 0 Å². The predicted molar refractivity (Wildman–Crippen MR) is 117 cm³/mol. The SMILES string of the molecule is Cc1cncc(-c2cc3c(cn2)cnn3-c2cn(C)c(=O)c(N3CCC[C@H](N)C3)n2)n1. The van der Waals surface area contributed by atoms with Gasteiger partial charge in [-0.15, -0.1) is 0 Å². The number of rotatable bonds is 3. The van der Waals surface area contributed by atoms with Crippen molar-refractivity contribution in [2.24, 2.45) is 12.8 Å². The Labute approximate surface area is 178 Å². The molecule has 1 atom stereocenters. The number of fused-ring (bicyclic) bond motifs is 1. The van der Waals surface area contributed by atoms with E-state index in [2.05, 4.69) is 25.0 Å². The molecule has 10 heteroatoms. The number of pyridine rings is 1. The van der Waals surface area contributed by atoms with Gasteiger partial charge < -0.3 is 15.2 Å². The fourth-order valence-corrected chi connectivity index (χ4v) is 3.92. The summed E-state index contributed by atoms with van der Waals surface area (Å²) in [5.41, 5.74) is 8.99. The molecule has 1 saturated heterocycles. The van der Waals surface area contributed by atoms with Gasteiger partial charge in [-0.2, -0.15) is 5.10 Å². The lowest BCUT2D eigenvalue weighted by atomic mass is 10.1. The Hall–Kier alpha value is -3.66. The summed E-state index contributed by atoms with van der Waals surface area (Å²) in [4.78, 5) is 32.7. The maximum atomic E-state index is 12.8. The van der Waals surface area contributed by atoms with E-state index in [0.717, 1.165) is 36.0 Å². The van der Waals surface area contributed by atoms with Crippen molar-refractivity contribution in [1.29, 1.82) is 0 Å². The van der Waals surface area contributed by atoms with Gasteiger partial charge in [-0.1, -0.05) is 0 Å². The Bertz CT molecular complexity index is 1330. The van der Waals surface area contributed by atoms with Crippen molar-refractivity contribution in [3.63, 3.8) is 0 Å². The normalized spacial score (nSPS) is 16.7. The van der Waals surface area contributed by atoms with E-state index < -0.39 is 0 Å². The molecule has 0 aromatic carbocycles. The average molecular weight is 417 g/mol. The molecular formula is C21H23N9O. The zero-order chi connectivity index (χ0) is 21.5. The fourth-order valence-electron chi connectivity index (χ4n) is 3.92. The minimum Gasteiger partial charge on any atom is -0.350 e. The molecule has 4 aromatic heterocycles. The van der Waals surface area contributed by atoms with Crippen molar-refractivity contribution >= 4 is 16.7 Å². The van der Waals surface area contributed by atoms with Crippen LogP contribution in [0.1, 0.15) is 18.5 Å². The van der Waals surface area contributed by atoms with Crippen LogP contribution in [-0.4, -0.2) is 53.4 Å². The van der Waals surface area contributed by atoms with E-state index in [0.29, 0.717) is 29.6 Å². The second-order valence-electron chi connectivity index (χ2n) is 7.92. The molecule has 0 radical (unpaired) electrons. The number of hydrogen-bond acceptors (Lipinski definition) is 8. The summed E-state index contributed by atoms with van der Waals surface area (Å²) in [7, 11) is 1.72. The third kappa shape index (κ3) is 3.55. The summed E-state index contributed by atoms with van der Waals surface area (Å²) in [5.74, 6) is 0.955. The zero-order valence-electron chi connectivity index (χ0n) is 17.4. The molecule has 1 aliphatic heterocycles. The lowest BCUT2D eigenvalue weighted by Gasteiger charge is -2.31. The highest BCUT2D eigenvalue weighted by Crippen LogP contribution is 2.23. The van der Waals surface area contributed by atoms with Crippen LogP contribution in [0.2, 0.25) is 0 Å². The number of aromatic nitrogens is 7. The third-order valence-corrected chi connectivity index (χ3v) is 5.49. The van der Waals surface area contributed by atoms with Gasteiger partial charge in [-0.25, -0.2) is 14.6 Å². The lowest BCUT2D eigenvalue weighted by molar-refractivity contribution is 0.500.